The average Bonchev–Trinajstić information content (AvgIpc) is 2.57. The number of amides is 1. The maximum Gasteiger partial charge on any atom is 0.241 e. The topological polar surface area (TPSA) is 35.6 Å². The highest BCUT2D eigenvalue weighted by Crippen LogP contribution is 2.37. The van der Waals surface area contributed by atoms with Crippen molar-refractivity contribution in [3.05, 3.63) is 0 Å². The lowest BCUT2D eigenvalue weighted by Crippen LogP contribution is -2.58. The van der Waals surface area contributed by atoms with E-state index in [4.69, 9.17) is 0 Å². The summed E-state index contributed by atoms with van der Waals surface area (Å²) >= 11 is 0. The number of nitrogens with zero attached hydrogens (tertiary/aromatic N) is 2. The monoisotopic (exact) mass is 267 g/mol. The van der Waals surface area contributed by atoms with Crippen molar-refractivity contribution < 1.29 is 4.79 Å². The van der Waals surface area contributed by atoms with Crippen LogP contribution in [0.4, 0.5) is 0 Å². The molecule has 4 heteroatoms. The second-order valence-electron chi connectivity index (χ2n) is 6.48. The predicted molar refractivity (Wildman–Crippen MR) is 77.9 cm³/mol. The van der Waals surface area contributed by atoms with Crippen LogP contribution in [0.2, 0.25) is 0 Å². The Kier molecular flexibility index (Phi) is 4.51. The molecule has 0 aromatic carbocycles. The standard InChI is InChI=1S/C15H29N3O/c1-5-6-8-13-14(19)18(12(2)16-13)11-15(17(3)4)9-7-10-15/h12-13,16H,5-11H2,1-4H3. The molecule has 2 aliphatic rings. The third-order valence-electron chi connectivity index (χ3n) is 5.04. The molecule has 1 aliphatic carbocycles. The van der Waals surface area contributed by atoms with Crippen LogP contribution in [0, 0.1) is 0 Å². The van der Waals surface area contributed by atoms with Crippen molar-refractivity contribution in [2.45, 2.75) is 70.1 Å². The number of hydrogen-bond donors (Lipinski definition) is 1. The normalized spacial score (nSPS) is 29.9. The van der Waals surface area contributed by atoms with E-state index in [1.807, 2.05) is 0 Å². The predicted octanol–water partition coefficient (Wildman–Crippen LogP) is 1.81. The summed E-state index contributed by atoms with van der Waals surface area (Å²) in [7, 11) is 4.29. The number of carbonyl (C=O) groups excluding carboxylic acids is 1. The van der Waals surface area contributed by atoms with Gasteiger partial charge in [0, 0.05) is 12.1 Å². The second kappa shape index (κ2) is 5.80. The molecule has 0 spiro atoms. The van der Waals surface area contributed by atoms with E-state index in [-0.39, 0.29) is 17.7 Å². The van der Waals surface area contributed by atoms with Gasteiger partial charge in [-0.25, -0.2) is 0 Å². The van der Waals surface area contributed by atoms with E-state index in [2.05, 4.69) is 43.1 Å². The Morgan fingerprint density at radius 2 is 2.11 bits per heavy atom. The Morgan fingerprint density at radius 1 is 1.42 bits per heavy atom. The third-order valence-corrected chi connectivity index (χ3v) is 5.04. The maximum absolute atomic E-state index is 12.5. The molecule has 1 saturated carbocycles. The zero-order valence-corrected chi connectivity index (χ0v) is 12.9. The van der Waals surface area contributed by atoms with E-state index in [9.17, 15) is 4.79 Å². The minimum Gasteiger partial charge on any atom is -0.324 e. The van der Waals surface area contributed by atoms with Crippen molar-refractivity contribution in [3.63, 3.8) is 0 Å². The van der Waals surface area contributed by atoms with E-state index >= 15 is 0 Å². The van der Waals surface area contributed by atoms with Crippen LogP contribution in [0.3, 0.4) is 0 Å². The Hall–Kier alpha value is -0.610. The van der Waals surface area contributed by atoms with Crippen LogP contribution >= 0.6 is 0 Å². The molecule has 1 heterocycles. The summed E-state index contributed by atoms with van der Waals surface area (Å²) in [5.74, 6) is 0.314. The minimum atomic E-state index is 0.0502. The Bertz CT molecular complexity index is 325. The first-order chi connectivity index (χ1) is 9.00. The fourth-order valence-corrected chi connectivity index (χ4v) is 3.32. The summed E-state index contributed by atoms with van der Waals surface area (Å²) in [6.07, 6.45) is 7.18. The van der Waals surface area contributed by atoms with Crippen LogP contribution in [-0.2, 0) is 4.79 Å². The molecule has 0 bridgehead atoms. The Morgan fingerprint density at radius 3 is 2.58 bits per heavy atom. The zero-order chi connectivity index (χ0) is 14.0. The van der Waals surface area contributed by atoms with Gasteiger partial charge in [-0.2, -0.15) is 0 Å². The SMILES string of the molecule is CCCCC1NC(C)N(CC2(N(C)C)CCC2)C1=O. The molecule has 2 unspecified atom stereocenters. The Balaban J connectivity index is 1.98. The Labute approximate surface area is 117 Å². The molecular weight excluding hydrogens is 238 g/mol. The van der Waals surface area contributed by atoms with E-state index in [1.54, 1.807) is 0 Å². The van der Waals surface area contributed by atoms with Crippen molar-refractivity contribution >= 4 is 5.91 Å². The molecule has 2 fully saturated rings. The number of unbranched alkanes of at least 4 members (excludes halogenated alkanes) is 1. The smallest absolute Gasteiger partial charge is 0.241 e. The van der Waals surface area contributed by atoms with Crippen LogP contribution in [0.15, 0.2) is 0 Å². The number of likely N-dealkylation sites (N-methyl/N-ethyl adjacent to an activating group) is 1. The fourth-order valence-electron chi connectivity index (χ4n) is 3.32. The number of carbonyl (C=O) groups is 1. The highest BCUT2D eigenvalue weighted by Gasteiger charge is 2.45. The quantitative estimate of drug-likeness (QED) is 0.797. The highest BCUT2D eigenvalue weighted by atomic mass is 16.2. The lowest BCUT2D eigenvalue weighted by Gasteiger charge is -2.49. The average molecular weight is 267 g/mol. The molecule has 2 rings (SSSR count). The molecule has 2 atom stereocenters. The van der Waals surface area contributed by atoms with Gasteiger partial charge in [0.05, 0.1) is 12.2 Å². The first-order valence-corrected chi connectivity index (χ1v) is 7.74. The molecular formula is C15H29N3O. The van der Waals surface area contributed by atoms with Crippen LogP contribution in [0.25, 0.3) is 0 Å². The van der Waals surface area contributed by atoms with Gasteiger partial charge < -0.3 is 9.80 Å². The van der Waals surface area contributed by atoms with Crippen molar-refractivity contribution in [2.24, 2.45) is 0 Å². The van der Waals surface area contributed by atoms with Gasteiger partial charge in [-0.3, -0.25) is 10.1 Å². The molecule has 1 amide bonds. The zero-order valence-electron chi connectivity index (χ0n) is 12.9. The van der Waals surface area contributed by atoms with Crippen molar-refractivity contribution in [1.82, 2.24) is 15.1 Å². The number of rotatable bonds is 6. The van der Waals surface area contributed by atoms with E-state index < -0.39 is 0 Å². The van der Waals surface area contributed by atoms with Crippen LogP contribution in [0.5, 0.6) is 0 Å². The minimum absolute atomic E-state index is 0.0502. The molecule has 1 saturated heterocycles. The molecule has 0 aromatic rings. The molecule has 4 nitrogen and oxygen atoms in total. The summed E-state index contributed by atoms with van der Waals surface area (Å²) in [5.41, 5.74) is 0.227. The van der Waals surface area contributed by atoms with Gasteiger partial charge in [-0.15, -0.1) is 0 Å². The van der Waals surface area contributed by atoms with Crippen LogP contribution in [-0.4, -0.2) is 54.1 Å². The van der Waals surface area contributed by atoms with Crippen LogP contribution in [0.1, 0.15) is 52.4 Å². The summed E-state index contributed by atoms with van der Waals surface area (Å²) in [5, 5.41) is 3.46. The van der Waals surface area contributed by atoms with E-state index in [0.29, 0.717) is 5.91 Å². The van der Waals surface area contributed by atoms with Gasteiger partial charge in [-0.05, 0) is 46.7 Å². The molecule has 110 valence electrons. The maximum atomic E-state index is 12.5. The van der Waals surface area contributed by atoms with Gasteiger partial charge in [0.2, 0.25) is 5.91 Å². The fraction of sp³-hybridized carbons (Fsp3) is 0.933. The number of hydrogen-bond acceptors (Lipinski definition) is 3. The van der Waals surface area contributed by atoms with E-state index in [1.165, 1.54) is 19.3 Å². The van der Waals surface area contributed by atoms with Gasteiger partial charge in [-0.1, -0.05) is 19.8 Å². The highest BCUT2D eigenvalue weighted by molar-refractivity contribution is 5.84. The van der Waals surface area contributed by atoms with Crippen molar-refractivity contribution in [2.75, 3.05) is 20.6 Å². The lowest BCUT2D eigenvalue weighted by atomic mass is 9.75. The van der Waals surface area contributed by atoms with Gasteiger partial charge in [0.1, 0.15) is 0 Å². The largest absolute Gasteiger partial charge is 0.324 e. The first-order valence-electron chi connectivity index (χ1n) is 7.74. The van der Waals surface area contributed by atoms with Gasteiger partial charge in [0.15, 0.2) is 0 Å². The first kappa shape index (κ1) is 14.8. The lowest BCUT2D eigenvalue weighted by molar-refractivity contribution is -0.133. The molecule has 1 aliphatic heterocycles. The van der Waals surface area contributed by atoms with Crippen LogP contribution < -0.4 is 5.32 Å². The van der Waals surface area contributed by atoms with Crippen molar-refractivity contribution in [3.8, 4) is 0 Å². The third kappa shape index (κ3) is 2.79. The van der Waals surface area contributed by atoms with Gasteiger partial charge >= 0.3 is 0 Å². The molecule has 0 aromatic heterocycles. The molecule has 0 radical (unpaired) electrons. The second-order valence-corrected chi connectivity index (χ2v) is 6.48. The summed E-state index contributed by atoms with van der Waals surface area (Å²) in [4.78, 5) is 16.9. The molecule has 19 heavy (non-hydrogen) atoms. The van der Waals surface area contributed by atoms with Gasteiger partial charge in [0.25, 0.3) is 0 Å². The van der Waals surface area contributed by atoms with E-state index in [0.717, 1.165) is 25.8 Å². The number of nitrogens with one attached hydrogen (secondary N) is 1. The molecule has 1 N–H and O–H groups in total. The summed E-state index contributed by atoms with van der Waals surface area (Å²) < 4.78 is 0. The van der Waals surface area contributed by atoms with Crippen molar-refractivity contribution in [1.29, 1.82) is 0 Å². The summed E-state index contributed by atoms with van der Waals surface area (Å²) in [6, 6.07) is 0.0502. The summed E-state index contributed by atoms with van der Waals surface area (Å²) in [6.45, 7) is 5.18.